The summed E-state index contributed by atoms with van der Waals surface area (Å²) in [6.07, 6.45) is 3.11. The van der Waals surface area contributed by atoms with Gasteiger partial charge in [0.25, 0.3) is 5.56 Å². The lowest BCUT2D eigenvalue weighted by atomic mass is 9.95. The first-order valence-electron chi connectivity index (χ1n) is 12.0. The summed E-state index contributed by atoms with van der Waals surface area (Å²) in [6, 6.07) is 10.5. The van der Waals surface area contributed by atoms with Crippen molar-refractivity contribution in [3.05, 3.63) is 103 Å². The van der Waals surface area contributed by atoms with Crippen LogP contribution in [-0.4, -0.2) is 43.3 Å². The number of benzene rings is 2. The molecule has 0 aliphatic carbocycles. The maximum atomic E-state index is 13.8. The van der Waals surface area contributed by atoms with E-state index in [9.17, 15) is 19.2 Å². The molecular formula is C29H26N2O8S. The number of hydrogen-bond donors (Lipinski definition) is 0. The average molecular weight is 563 g/mol. The molecule has 3 aromatic rings. The maximum absolute atomic E-state index is 13.8. The summed E-state index contributed by atoms with van der Waals surface area (Å²) >= 11 is 1.16. The van der Waals surface area contributed by atoms with Crippen molar-refractivity contribution in [1.29, 1.82) is 0 Å². The first kappa shape index (κ1) is 28.2. The van der Waals surface area contributed by atoms with E-state index < -0.39 is 23.9 Å². The lowest BCUT2D eigenvalue weighted by Crippen LogP contribution is -2.40. The zero-order chi connectivity index (χ0) is 29.0. The Labute approximate surface area is 233 Å². The topological polar surface area (TPSA) is 122 Å². The van der Waals surface area contributed by atoms with Crippen LogP contribution in [0, 0.1) is 0 Å². The molecule has 1 atom stereocenters. The molecule has 10 nitrogen and oxygen atoms in total. The molecule has 0 fully saturated rings. The van der Waals surface area contributed by atoms with Crippen LogP contribution in [0.4, 0.5) is 0 Å². The molecule has 1 aliphatic rings. The SMILES string of the molecule is C=CCOC(=O)C1=C(C)N=c2sc(=Cc3ccc(OC(C)=O)c(OC)c3)c(=O)n2C1c1ccc(C(=O)OC)cc1. The van der Waals surface area contributed by atoms with E-state index >= 15 is 0 Å². The summed E-state index contributed by atoms with van der Waals surface area (Å²) in [7, 11) is 2.73. The molecule has 2 heterocycles. The Bertz CT molecular complexity index is 1710. The summed E-state index contributed by atoms with van der Waals surface area (Å²) in [6.45, 7) is 6.53. The quantitative estimate of drug-likeness (QED) is 0.233. The highest BCUT2D eigenvalue weighted by Gasteiger charge is 2.33. The molecule has 1 unspecified atom stereocenters. The fourth-order valence-electron chi connectivity index (χ4n) is 4.19. The Morgan fingerprint density at radius 1 is 1.07 bits per heavy atom. The average Bonchev–Trinajstić information content (AvgIpc) is 3.24. The van der Waals surface area contributed by atoms with Gasteiger partial charge in [-0.25, -0.2) is 14.6 Å². The number of carbonyl (C=O) groups excluding carboxylic acids is 3. The van der Waals surface area contributed by atoms with E-state index in [4.69, 9.17) is 18.9 Å². The first-order valence-corrected chi connectivity index (χ1v) is 12.9. The van der Waals surface area contributed by atoms with E-state index in [0.29, 0.717) is 37.5 Å². The number of ether oxygens (including phenoxy) is 4. The molecule has 0 saturated heterocycles. The smallest absolute Gasteiger partial charge is 0.338 e. The standard InChI is InChI=1S/C29H26N2O8S/c1-6-13-38-28(35)24-16(2)30-29-31(25(24)19-8-10-20(11-9-19)27(34)37-5)26(33)23(40-29)15-18-7-12-21(39-17(3)32)22(14-18)36-4/h6-12,14-15,25H,1,13H2,2-5H3. The Morgan fingerprint density at radius 2 is 1.80 bits per heavy atom. The summed E-state index contributed by atoms with van der Waals surface area (Å²) in [5.74, 6) is -1.06. The molecule has 2 aromatic carbocycles. The highest BCUT2D eigenvalue weighted by Crippen LogP contribution is 2.31. The van der Waals surface area contributed by atoms with Gasteiger partial charge in [0.05, 0.1) is 41.6 Å². The molecule has 4 rings (SSSR count). The van der Waals surface area contributed by atoms with Crippen LogP contribution in [0.2, 0.25) is 0 Å². The van der Waals surface area contributed by atoms with Crippen LogP contribution in [0.15, 0.2) is 76.2 Å². The fourth-order valence-corrected chi connectivity index (χ4v) is 5.24. The summed E-state index contributed by atoms with van der Waals surface area (Å²) in [4.78, 5) is 55.2. The molecule has 206 valence electrons. The van der Waals surface area contributed by atoms with E-state index in [-0.39, 0.29) is 23.5 Å². The zero-order valence-corrected chi connectivity index (χ0v) is 23.1. The minimum absolute atomic E-state index is 0.0147. The normalized spacial score (nSPS) is 14.6. The van der Waals surface area contributed by atoms with E-state index in [1.807, 2.05) is 0 Å². The number of esters is 3. The van der Waals surface area contributed by atoms with Crippen LogP contribution < -0.4 is 24.4 Å². The minimum Gasteiger partial charge on any atom is -0.493 e. The second kappa shape index (κ2) is 12.0. The van der Waals surface area contributed by atoms with Gasteiger partial charge in [0, 0.05) is 6.92 Å². The molecule has 0 bridgehead atoms. The Morgan fingerprint density at radius 3 is 2.42 bits per heavy atom. The van der Waals surface area contributed by atoms with Crippen molar-refractivity contribution in [2.75, 3.05) is 20.8 Å². The second-order valence-corrected chi connectivity index (χ2v) is 9.60. The number of methoxy groups -OCH3 is 2. The number of fused-ring (bicyclic) bond motifs is 1. The molecule has 0 N–H and O–H groups in total. The van der Waals surface area contributed by atoms with E-state index in [1.165, 1.54) is 31.8 Å². The predicted molar refractivity (Wildman–Crippen MR) is 147 cm³/mol. The molecule has 0 amide bonds. The molecular weight excluding hydrogens is 536 g/mol. The maximum Gasteiger partial charge on any atom is 0.338 e. The van der Waals surface area contributed by atoms with Gasteiger partial charge in [-0.15, -0.1) is 0 Å². The third kappa shape index (κ3) is 5.64. The lowest BCUT2D eigenvalue weighted by Gasteiger charge is -2.24. The van der Waals surface area contributed by atoms with Crippen LogP contribution in [0.3, 0.4) is 0 Å². The number of allylic oxidation sites excluding steroid dienone is 1. The van der Waals surface area contributed by atoms with Crippen LogP contribution >= 0.6 is 11.3 Å². The molecule has 0 radical (unpaired) electrons. The molecule has 11 heteroatoms. The van der Waals surface area contributed by atoms with Crippen LogP contribution in [0.1, 0.15) is 41.4 Å². The number of hydrogen-bond acceptors (Lipinski definition) is 10. The van der Waals surface area contributed by atoms with E-state index in [1.54, 1.807) is 55.5 Å². The van der Waals surface area contributed by atoms with Crippen molar-refractivity contribution in [1.82, 2.24) is 4.57 Å². The Hall–Kier alpha value is -4.77. The van der Waals surface area contributed by atoms with Crippen molar-refractivity contribution < 1.29 is 33.3 Å². The van der Waals surface area contributed by atoms with E-state index in [0.717, 1.165) is 11.3 Å². The van der Waals surface area contributed by atoms with Gasteiger partial charge in [0.15, 0.2) is 16.3 Å². The van der Waals surface area contributed by atoms with Crippen molar-refractivity contribution in [2.24, 2.45) is 4.99 Å². The molecule has 1 aliphatic heterocycles. The number of thiazole rings is 1. The second-order valence-electron chi connectivity index (χ2n) is 8.59. The van der Waals surface area contributed by atoms with Gasteiger partial charge in [-0.1, -0.05) is 42.2 Å². The number of carbonyl (C=O) groups is 3. The summed E-state index contributed by atoms with van der Waals surface area (Å²) < 4.78 is 22.4. The molecule has 40 heavy (non-hydrogen) atoms. The summed E-state index contributed by atoms with van der Waals surface area (Å²) in [5.41, 5.74) is 1.73. The van der Waals surface area contributed by atoms with Crippen molar-refractivity contribution in [3.63, 3.8) is 0 Å². The summed E-state index contributed by atoms with van der Waals surface area (Å²) in [5, 5.41) is 0. The van der Waals surface area contributed by atoms with Gasteiger partial charge < -0.3 is 18.9 Å². The third-order valence-corrected chi connectivity index (χ3v) is 6.94. The van der Waals surface area contributed by atoms with Gasteiger partial charge in [-0.2, -0.15) is 0 Å². The van der Waals surface area contributed by atoms with Crippen molar-refractivity contribution in [3.8, 4) is 11.5 Å². The first-order chi connectivity index (χ1) is 19.2. The van der Waals surface area contributed by atoms with Gasteiger partial charge in [-0.3, -0.25) is 14.2 Å². The van der Waals surface area contributed by atoms with Crippen molar-refractivity contribution in [2.45, 2.75) is 19.9 Å². The van der Waals surface area contributed by atoms with Gasteiger partial charge >= 0.3 is 17.9 Å². The van der Waals surface area contributed by atoms with Crippen LogP contribution in [0.25, 0.3) is 6.08 Å². The number of aromatic nitrogens is 1. The molecule has 0 saturated carbocycles. The molecule has 1 aromatic heterocycles. The number of nitrogens with zero attached hydrogens (tertiary/aromatic N) is 2. The van der Waals surface area contributed by atoms with Crippen molar-refractivity contribution >= 4 is 35.3 Å². The predicted octanol–water partition coefficient (Wildman–Crippen LogP) is 2.68. The largest absolute Gasteiger partial charge is 0.493 e. The van der Waals surface area contributed by atoms with Crippen LogP contribution in [0.5, 0.6) is 11.5 Å². The zero-order valence-electron chi connectivity index (χ0n) is 22.3. The van der Waals surface area contributed by atoms with E-state index in [2.05, 4.69) is 11.6 Å². The number of rotatable bonds is 8. The Kier molecular flexibility index (Phi) is 8.44. The van der Waals surface area contributed by atoms with Gasteiger partial charge in [0.1, 0.15) is 6.61 Å². The lowest BCUT2D eigenvalue weighted by molar-refractivity contribution is -0.138. The highest BCUT2D eigenvalue weighted by atomic mass is 32.1. The Balaban J connectivity index is 1.87. The monoisotopic (exact) mass is 562 g/mol. The van der Waals surface area contributed by atoms with Gasteiger partial charge in [-0.05, 0) is 48.4 Å². The van der Waals surface area contributed by atoms with Crippen LogP contribution in [-0.2, 0) is 19.1 Å². The fraction of sp³-hybridized carbons (Fsp3) is 0.207. The minimum atomic E-state index is -0.858. The molecule has 0 spiro atoms. The van der Waals surface area contributed by atoms with Gasteiger partial charge in [0.2, 0.25) is 0 Å². The third-order valence-electron chi connectivity index (χ3n) is 5.96. The highest BCUT2D eigenvalue weighted by molar-refractivity contribution is 7.07.